The second kappa shape index (κ2) is 5.54. The van der Waals surface area contributed by atoms with E-state index < -0.39 is 4.92 Å². The Balaban J connectivity index is 2.23. The third-order valence-corrected chi connectivity index (χ3v) is 3.47. The number of nitrogens with zero attached hydrogens (tertiary/aromatic N) is 1. The molecule has 0 saturated heterocycles. The number of hydrogen-bond donors (Lipinski definition) is 1. The zero-order chi connectivity index (χ0) is 13.1. The zero-order valence-electron chi connectivity index (χ0n) is 9.84. The van der Waals surface area contributed by atoms with Gasteiger partial charge in [-0.25, -0.2) is 0 Å². The number of nitro benzene ring substituents is 1. The third-order valence-electron chi connectivity index (χ3n) is 3.16. The Morgan fingerprint density at radius 3 is 2.78 bits per heavy atom. The lowest BCUT2D eigenvalue weighted by Crippen LogP contribution is -2.41. The van der Waals surface area contributed by atoms with Gasteiger partial charge in [0.05, 0.1) is 4.92 Å². The van der Waals surface area contributed by atoms with E-state index in [1.165, 1.54) is 6.07 Å². The lowest BCUT2D eigenvalue weighted by atomic mass is 9.93. The van der Waals surface area contributed by atoms with Crippen molar-refractivity contribution in [1.82, 2.24) is 0 Å². The van der Waals surface area contributed by atoms with Gasteiger partial charge in [0.1, 0.15) is 11.1 Å². The molecule has 1 saturated carbocycles. The van der Waals surface area contributed by atoms with Crippen LogP contribution in [0.25, 0.3) is 0 Å². The van der Waals surface area contributed by atoms with Gasteiger partial charge in [-0.3, -0.25) is 10.1 Å². The minimum absolute atomic E-state index is 0.0719. The Morgan fingerprint density at radius 2 is 2.11 bits per heavy atom. The summed E-state index contributed by atoms with van der Waals surface area (Å²) < 4.78 is 5.69. The maximum atomic E-state index is 11.0. The zero-order valence-corrected chi connectivity index (χ0v) is 10.6. The number of nitrogens with two attached hydrogens (primary N) is 1. The fourth-order valence-electron chi connectivity index (χ4n) is 2.20. The normalized spacial score (nSPS) is 23.7. The van der Waals surface area contributed by atoms with E-state index in [2.05, 4.69) is 0 Å². The molecule has 1 aromatic carbocycles. The summed E-state index contributed by atoms with van der Waals surface area (Å²) in [7, 11) is 0. The lowest BCUT2D eigenvalue weighted by molar-refractivity contribution is -0.385. The van der Waals surface area contributed by atoms with E-state index in [0.29, 0.717) is 0 Å². The largest absolute Gasteiger partial charge is 0.482 e. The summed E-state index contributed by atoms with van der Waals surface area (Å²) >= 11 is 5.83. The van der Waals surface area contributed by atoms with E-state index in [1.807, 2.05) is 0 Å². The van der Waals surface area contributed by atoms with Crippen molar-refractivity contribution in [3.05, 3.63) is 33.3 Å². The molecule has 0 aliphatic heterocycles. The summed E-state index contributed by atoms with van der Waals surface area (Å²) in [6.45, 7) is 0. The highest BCUT2D eigenvalue weighted by Crippen LogP contribution is 2.36. The van der Waals surface area contributed by atoms with Gasteiger partial charge in [0, 0.05) is 6.04 Å². The Labute approximate surface area is 110 Å². The van der Waals surface area contributed by atoms with Gasteiger partial charge in [-0.2, -0.15) is 0 Å². The molecule has 0 aromatic heterocycles. The fourth-order valence-corrected chi connectivity index (χ4v) is 2.44. The van der Waals surface area contributed by atoms with Crippen LogP contribution in [0.2, 0.25) is 5.02 Å². The van der Waals surface area contributed by atoms with Crippen molar-refractivity contribution in [2.45, 2.75) is 37.8 Å². The van der Waals surface area contributed by atoms with Crippen LogP contribution in [0.3, 0.4) is 0 Å². The van der Waals surface area contributed by atoms with Crippen LogP contribution in [0.4, 0.5) is 5.69 Å². The Hall–Kier alpha value is -1.33. The van der Waals surface area contributed by atoms with Crippen LogP contribution in [0.15, 0.2) is 18.2 Å². The molecular weight excluding hydrogens is 256 g/mol. The van der Waals surface area contributed by atoms with Crippen LogP contribution in [0.1, 0.15) is 25.7 Å². The quantitative estimate of drug-likeness (QED) is 0.677. The highest BCUT2D eigenvalue weighted by Gasteiger charge is 2.27. The Bertz CT molecular complexity index is 453. The molecule has 0 amide bonds. The van der Waals surface area contributed by atoms with Crippen LogP contribution in [-0.4, -0.2) is 17.1 Å². The molecule has 98 valence electrons. The number of benzene rings is 1. The minimum Gasteiger partial charge on any atom is -0.482 e. The molecule has 0 heterocycles. The summed E-state index contributed by atoms with van der Waals surface area (Å²) in [5.41, 5.74) is 5.78. The van der Waals surface area contributed by atoms with E-state index in [0.717, 1.165) is 25.7 Å². The lowest BCUT2D eigenvalue weighted by Gasteiger charge is -2.28. The number of para-hydroxylation sites is 1. The summed E-state index contributed by atoms with van der Waals surface area (Å²) in [4.78, 5) is 10.5. The van der Waals surface area contributed by atoms with Crippen molar-refractivity contribution in [2.24, 2.45) is 5.73 Å². The van der Waals surface area contributed by atoms with Crippen molar-refractivity contribution in [3.63, 3.8) is 0 Å². The highest BCUT2D eigenvalue weighted by atomic mass is 35.5. The molecule has 0 spiro atoms. The average molecular weight is 271 g/mol. The van der Waals surface area contributed by atoms with Gasteiger partial charge in [-0.1, -0.05) is 24.1 Å². The number of rotatable bonds is 3. The smallest absolute Gasteiger partial charge is 0.329 e. The van der Waals surface area contributed by atoms with Crippen molar-refractivity contribution in [1.29, 1.82) is 0 Å². The molecule has 2 N–H and O–H groups in total. The van der Waals surface area contributed by atoms with Crippen molar-refractivity contribution in [2.75, 3.05) is 0 Å². The fraction of sp³-hybridized carbons (Fsp3) is 0.500. The number of ether oxygens (including phenoxy) is 1. The molecule has 5 nitrogen and oxygen atoms in total. The first-order chi connectivity index (χ1) is 8.59. The first kappa shape index (κ1) is 13.1. The van der Waals surface area contributed by atoms with Gasteiger partial charge < -0.3 is 10.5 Å². The van der Waals surface area contributed by atoms with E-state index in [1.54, 1.807) is 12.1 Å². The second-order valence-electron chi connectivity index (χ2n) is 4.45. The SMILES string of the molecule is NC1CCCCC1Oc1cccc(Cl)c1[N+](=O)[O-]. The predicted molar refractivity (Wildman–Crippen MR) is 69.0 cm³/mol. The molecule has 1 aliphatic rings. The Morgan fingerprint density at radius 1 is 1.39 bits per heavy atom. The highest BCUT2D eigenvalue weighted by molar-refractivity contribution is 6.32. The molecule has 2 rings (SSSR count). The number of nitro groups is 1. The molecule has 6 heteroatoms. The third kappa shape index (κ3) is 2.73. The predicted octanol–water partition coefficient (Wildman–Crippen LogP) is 2.90. The van der Waals surface area contributed by atoms with Crippen LogP contribution < -0.4 is 10.5 Å². The maximum Gasteiger partial charge on any atom is 0.329 e. The van der Waals surface area contributed by atoms with E-state index >= 15 is 0 Å². The minimum atomic E-state index is -0.522. The van der Waals surface area contributed by atoms with Gasteiger partial charge in [0.15, 0.2) is 5.75 Å². The number of hydrogen-bond acceptors (Lipinski definition) is 4. The number of halogens is 1. The summed E-state index contributed by atoms with van der Waals surface area (Å²) in [5.74, 6) is 0.204. The van der Waals surface area contributed by atoms with E-state index in [9.17, 15) is 10.1 Å². The van der Waals surface area contributed by atoms with Gasteiger partial charge in [0.25, 0.3) is 0 Å². The van der Waals surface area contributed by atoms with Crippen molar-refractivity contribution in [3.8, 4) is 5.75 Å². The Kier molecular flexibility index (Phi) is 4.04. The standard InChI is InChI=1S/C12H15ClN2O3/c13-8-4-3-7-11(12(8)15(16)17)18-10-6-2-1-5-9(10)14/h3-4,7,9-10H,1-2,5-6,14H2. The van der Waals surface area contributed by atoms with Gasteiger partial charge in [0.2, 0.25) is 0 Å². The molecule has 2 atom stereocenters. The van der Waals surface area contributed by atoms with Crippen molar-refractivity contribution < 1.29 is 9.66 Å². The van der Waals surface area contributed by atoms with E-state index in [-0.39, 0.29) is 28.6 Å². The summed E-state index contributed by atoms with van der Waals surface area (Å²) in [6, 6.07) is 4.61. The summed E-state index contributed by atoms with van der Waals surface area (Å²) in [5, 5.41) is 11.1. The van der Waals surface area contributed by atoms with Crippen LogP contribution in [0.5, 0.6) is 5.75 Å². The van der Waals surface area contributed by atoms with Crippen LogP contribution >= 0.6 is 11.6 Å². The molecule has 1 aromatic rings. The monoisotopic (exact) mass is 270 g/mol. The van der Waals surface area contributed by atoms with Crippen LogP contribution in [-0.2, 0) is 0 Å². The summed E-state index contributed by atoms with van der Waals surface area (Å²) in [6.07, 6.45) is 3.66. The molecule has 18 heavy (non-hydrogen) atoms. The van der Waals surface area contributed by atoms with Gasteiger partial charge >= 0.3 is 5.69 Å². The molecule has 1 aliphatic carbocycles. The van der Waals surface area contributed by atoms with Crippen molar-refractivity contribution >= 4 is 17.3 Å². The van der Waals surface area contributed by atoms with Crippen LogP contribution in [0, 0.1) is 10.1 Å². The van der Waals surface area contributed by atoms with E-state index in [4.69, 9.17) is 22.1 Å². The molecular formula is C12H15ClN2O3. The molecule has 2 unspecified atom stereocenters. The first-order valence-corrected chi connectivity index (χ1v) is 6.32. The van der Waals surface area contributed by atoms with Gasteiger partial charge in [-0.05, 0) is 31.4 Å². The second-order valence-corrected chi connectivity index (χ2v) is 4.86. The average Bonchev–Trinajstić information content (AvgIpc) is 2.31. The first-order valence-electron chi connectivity index (χ1n) is 5.94. The maximum absolute atomic E-state index is 11.0. The van der Waals surface area contributed by atoms with Gasteiger partial charge in [-0.15, -0.1) is 0 Å². The molecule has 0 bridgehead atoms. The molecule has 0 radical (unpaired) electrons. The molecule has 1 fully saturated rings. The topological polar surface area (TPSA) is 78.4 Å².